The van der Waals surface area contributed by atoms with Crippen LogP contribution in [-0.4, -0.2) is 70.7 Å². The van der Waals surface area contributed by atoms with Crippen molar-refractivity contribution in [2.75, 3.05) is 20.1 Å². The molecule has 1 saturated heterocycles. The Hall–Kier alpha value is -2.87. The third kappa shape index (κ3) is 4.76. The van der Waals surface area contributed by atoms with Crippen molar-refractivity contribution in [3.8, 4) is 0 Å². The molecule has 3 atom stereocenters. The zero-order chi connectivity index (χ0) is 21.1. The molecule has 1 fully saturated rings. The minimum absolute atomic E-state index is 0.0359. The number of benzene rings is 1. The van der Waals surface area contributed by atoms with Gasteiger partial charge in [-0.1, -0.05) is 18.2 Å². The highest BCUT2D eigenvalue weighted by molar-refractivity contribution is 6.38. The van der Waals surface area contributed by atoms with E-state index in [-0.39, 0.29) is 17.8 Å². The first-order chi connectivity index (χ1) is 13.8. The Kier molecular flexibility index (Phi) is 6.22. The third-order valence-corrected chi connectivity index (χ3v) is 5.70. The molecule has 2 heterocycles. The predicted octanol–water partition coefficient (Wildman–Crippen LogP) is 1.53. The van der Waals surface area contributed by atoms with Crippen molar-refractivity contribution in [1.29, 1.82) is 5.41 Å². The maximum atomic E-state index is 12.4. The number of para-hydroxylation sites is 1. The van der Waals surface area contributed by atoms with Gasteiger partial charge in [0.1, 0.15) is 0 Å². The van der Waals surface area contributed by atoms with E-state index in [1.54, 1.807) is 0 Å². The number of aromatic nitrogens is 1. The first-order valence-electron chi connectivity index (χ1n) is 10.0. The Morgan fingerprint density at radius 1 is 1.34 bits per heavy atom. The fourth-order valence-corrected chi connectivity index (χ4v) is 3.79. The lowest BCUT2D eigenvalue weighted by atomic mass is 10.1. The molecular weight excluding hydrogens is 366 g/mol. The number of H-pyrrole nitrogens is 1. The summed E-state index contributed by atoms with van der Waals surface area (Å²) in [7, 11) is 2.08. The molecular formula is C21H31N7O. The summed E-state index contributed by atoms with van der Waals surface area (Å²) in [6, 6.07) is 8.57. The Bertz CT molecular complexity index is 907. The largest absolute Gasteiger partial charge is 0.379 e. The van der Waals surface area contributed by atoms with Crippen LogP contribution in [0, 0.1) is 5.41 Å². The number of fused-ring (bicyclic) bond motifs is 1. The minimum atomic E-state index is -0.447. The van der Waals surface area contributed by atoms with E-state index in [2.05, 4.69) is 47.2 Å². The molecule has 0 spiro atoms. The molecule has 2 unspecified atom stereocenters. The van der Waals surface area contributed by atoms with Gasteiger partial charge in [-0.2, -0.15) is 4.99 Å². The zero-order valence-electron chi connectivity index (χ0n) is 17.6. The molecule has 1 aromatic heterocycles. The van der Waals surface area contributed by atoms with Crippen LogP contribution in [0.4, 0.5) is 0 Å². The number of amides is 1. The van der Waals surface area contributed by atoms with E-state index < -0.39 is 5.91 Å². The van der Waals surface area contributed by atoms with Crippen LogP contribution < -0.4 is 11.1 Å². The maximum Gasteiger partial charge on any atom is 0.286 e. The van der Waals surface area contributed by atoms with Gasteiger partial charge >= 0.3 is 0 Å². The van der Waals surface area contributed by atoms with Crippen molar-refractivity contribution in [3.63, 3.8) is 0 Å². The summed E-state index contributed by atoms with van der Waals surface area (Å²) < 4.78 is 0. The maximum absolute atomic E-state index is 12.4. The number of rotatable bonds is 3. The molecule has 0 aliphatic carbocycles. The third-order valence-electron chi connectivity index (χ3n) is 5.70. The molecule has 1 aromatic carbocycles. The van der Waals surface area contributed by atoms with E-state index in [0.29, 0.717) is 31.6 Å². The first kappa shape index (κ1) is 20.9. The van der Waals surface area contributed by atoms with Crippen LogP contribution in [0.1, 0.15) is 26.3 Å². The quantitative estimate of drug-likeness (QED) is 0.465. The lowest BCUT2D eigenvalue weighted by Gasteiger charge is -2.42. The monoisotopic (exact) mass is 397 g/mol. The predicted molar refractivity (Wildman–Crippen MR) is 117 cm³/mol. The Morgan fingerprint density at radius 2 is 2.00 bits per heavy atom. The van der Waals surface area contributed by atoms with Crippen molar-refractivity contribution < 1.29 is 4.79 Å². The number of nitrogens with one attached hydrogen (secondary N) is 3. The fourth-order valence-electron chi connectivity index (χ4n) is 3.79. The van der Waals surface area contributed by atoms with Crippen LogP contribution in [0.2, 0.25) is 0 Å². The Morgan fingerprint density at radius 3 is 2.69 bits per heavy atom. The number of likely N-dealkylation sites (N-methyl/N-ethyl adjacent to an activating group) is 1. The number of guanidine groups is 1. The molecule has 5 N–H and O–H groups in total. The normalized spacial score (nSPS) is 21.9. The number of aromatic amines is 1. The number of nitrogens with zero attached hydrogens (tertiary/aromatic N) is 3. The summed E-state index contributed by atoms with van der Waals surface area (Å²) in [6.07, 6.45) is 2.64. The van der Waals surface area contributed by atoms with E-state index in [9.17, 15) is 4.79 Å². The number of nitrogens with two attached hydrogens (primary N) is 1. The molecule has 8 nitrogen and oxygen atoms in total. The highest BCUT2D eigenvalue weighted by atomic mass is 16.2. The van der Waals surface area contributed by atoms with Crippen molar-refractivity contribution >= 4 is 28.6 Å². The molecule has 1 amide bonds. The number of carbonyl (C=O) groups is 1. The highest BCUT2D eigenvalue weighted by Crippen LogP contribution is 2.19. The minimum Gasteiger partial charge on any atom is -0.379 e. The van der Waals surface area contributed by atoms with Gasteiger partial charge in [0.05, 0.1) is 0 Å². The van der Waals surface area contributed by atoms with Gasteiger partial charge in [-0.15, -0.1) is 0 Å². The van der Waals surface area contributed by atoms with Gasteiger partial charge in [0.15, 0.2) is 5.84 Å². The van der Waals surface area contributed by atoms with Crippen molar-refractivity contribution in [2.45, 2.75) is 45.3 Å². The van der Waals surface area contributed by atoms with Crippen LogP contribution in [0.15, 0.2) is 35.5 Å². The zero-order valence-corrected chi connectivity index (χ0v) is 17.6. The molecule has 0 saturated carbocycles. The molecule has 0 radical (unpaired) electrons. The SMILES string of the molecule is CC(Cc1c[nH]c2ccccc12)NC(=O)C(N)=NC(=N)N1CC(C)N(C)[C@H](C)C1. The molecule has 0 bridgehead atoms. The van der Waals surface area contributed by atoms with Crippen LogP contribution >= 0.6 is 0 Å². The number of amidine groups is 1. The molecule has 156 valence electrons. The summed E-state index contributed by atoms with van der Waals surface area (Å²) in [6.45, 7) is 7.54. The van der Waals surface area contributed by atoms with Gasteiger partial charge in [-0.25, -0.2) is 0 Å². The Labute approximate surface area is 171 Å². The van der Waals surface area contributed by atoms with Gasteiger partial charge in [-0.3, -0.25) is 15.1 Å². The second-order valence-corrected chi connectivity index (χ2v) is 8.03. The molecule has 29 heavy (non-hydrogen) atoms. The molecule has 8 heteroatoms. The smallest absolute Gasteiger partial charge is 0.286 e. The van der Waals surface area contributed by atoms with Crippen molar-refractivity contribution in [2.24, 2.45) is 10.7 Å². The van der Waals surface area contributed by atoms with E-state index in [1.807, 2.05) is 36.2 Å². The fraction of sp³-hybridized carbons (Fsp3) is 0.476. The van der Waals surface area contributed by atoms with Gasteiger partial charge in [0, 0.05) is 48.3 Å². The topological polar surface area (TPSA) is 114 Å². The van der Waals surface area contributed by atoms with E-state index in [4.69, 9.17) is 11.1 Å². The first-order valence-corrected chi connectivity index (χ1v) is 10.0. The van der Waals surface area contributed by atoms with Crippen molar-refractivity contribution in [1.82, 2.24) is 20.1 Å². The Balaban J connectivity index is 1.58. The average Bonchev–Trinajstić information content (AvgIpc) is 3.08. The van der Waals surface area contributed by atoms with E-state index in [0.717, 1.165) is 16.5 Å². The van der Waals surface area contributed by atoms with Gasteiger partial charge in [-0.05, 0) is 45.9 Å². The summed E-state index contributed by atoms with van der Waals surface area (Å²) >= 11 is 0. The van der Waals surface area contributed by atoms with Crippen LogP contribution in [0.25, 0.3) is 10.9 Å². The average molecular weight is 398 g/mol. The lowest BCUT2D eigenvalue weighted by Crippen LogP contribution is -2.56. The number of hydrogen-bond acceptors (Lipinski definition) is 3. The van der Waals surface area contributed by atoms with Crippen LogP contribution in [0.3, 0.4) is 0 Å². The van der Waals surface area contributed by atoms with Gasteiger partial charge < -0.3 is 20.9 Å². The second-order valence-electron chi connectivity index (χ2n) is 8.03. The van der Waals surface area contributed by atoms with Crippen LogP contribution in [-0.2, 0) is 11.2 Å². The summed E-state index contributed by atoms with van der Waals surface area (Å²) in [5, 5.41) is 12.3. The summed E-state index contributed by atoms with van der Waals surface area (Å²) in [5.74, 6) is -0.592. The van der Waals surface area contributed by atoms with Crippen molar-refractivity contribution in [3.05, 3.63) is 36.0 Å². The molecule has 1 aliphatic heterocycles. The molecule has 1 aliphatic rings. The highest BCUT2D eigenvalue weighted by Gasteiger charge is 2.28. The molecule has 2 aromatic rings. The van der Waals surface area contributed by atoms with Gasteiger partial charge in [0.25, 0.3) is 5.91 Å². The summed E-state index contributed by atoms with van der Waals surface area (Å²) in [4.78, 5) is 23.9. The lowest BCUT2D eigenvalue weighted by molar-refractivity contribution is -0.115. The van der Waals surface area contributed by atoms with E-state index in [1.165, 1.54) is 0 Å². The second kappa shape index (κ2) is 8.65. The molecule has 3 rings (SSSR count). The van der Waals surface area contributed by atoms with Gasteiger partial charge in [0.2, 0.25) is 5.96 Å². The number of hydrogen-bond donors (Lipinski definition) is 4. The summed E-state index contributed by atoms with van der Waals surface area (Å²) in [5.41, 5.74) is 8.10. The van der Waals surface area contributed by atoms with Crippen LogP contribution in [0.5, 0.6) is 0 Å². The number of aliphatic imine (C=N–C) groups is 1. The van der Waals surface area contributed by atoms with E-state index >= 15 is 0 Å². The number of piperazine rings is 1. The standard InChI is InChI=1S/C21H31N7O/c1-13(9-16-10-24-18-8-6-5-7-17(16)18)25-20(29)19(22)26-21(23)28-11-14(2)27(4)15(3)12-28/h5-8,10,13-15,24H,9,11-12H2,1-4H3,(H,25,29)(H3,22,23,26)/t13?,14-,15?/m1/s1. The number of carbonyl (C=O) groups excluding carboxylic acids is 1.